The number of carbonyl (C=O) groups is 3. The molecule has 0 aliphatic heterocycles. The molecular weight excluding hydrogens is 280 g/mol. The van der Waals surface area contributed by atoms with E-state index in [-0.39, 0.29) is 0 Å². The zero-order valence-electron chi connectivity index (χ0n) is 10.6. The van der Waals surface area contributed by atoms with Gasteiger partial charge in [-0.1, -0.05) is 0 Å². The molecule has 0 saturated heterocycles. The van der Waals surface area contributed by atoms with Gasteiger partial charge in [-0.3, -0.25) is 9.59 Å². The molecule has 0 fully saturated rings. The van der Waals surface area contributed by atoms with Gasteiger partial charge in [0.05, 0.1) is 12.1 Å². The van der Waals surface area contributed by atoms with Crippen molar-refractivity contribution >= 4 is 35.3 Å². The lowest BCUT2D eigenvalue weighted by Crippen LogP contribution is -2.33. The second-order valence-electron chi connectivity index (χ2n) is 4.49. The molecule has 0 bridgehead atoms. The molecule has 0 heterocycles. The van der Waals surface area contributed by atoms with E-state index in [9.17, 15) is 14.4 Å². The highest BCUT2D eigenvalue weighted by Gasteiger charge is 2.24. The summed E-state index contributed by atoms with van der Waals surface area (Å²) >= 11 is 5.46. The summed E-state index contributed by atoms with van der Waals surface area (Å²) in [6.07, 6.45) is -1.65. The molecule has 9 heteroatoms. The molecule has 108 valence electrons. The minimum Gasteiger partial charge on any atom is -0.481 e. The van der Waals surface area contributed by atoms with Crippen LogP contribution in [-0.4, -0.2) is 44.9 Å². The topological polar surface area (TPSA) is 125 Å². The average molecular weight is 295 g/mol. The Morgan fingerprint density at radius 1 is 1.32 bits per heavy atom. The van der Waals surface area contributed by atoms with Gasteiger partial charge in [-0.05, 0) is 20.8 Å². The molecule has 0 radical (unpaired) electrons. The van der Waals surface area contributed by atoms with Crippen LogP contribution in [0.15, 0.2) is 5.10 Å². The highest BCUT2D eigenvalue weighted by Crippen LogP contribution is 2.07. The molecule has 1 atom stereocenters. The van der Waals surface area contributed by atoms with Crippen molar-refractivity contribution < 1.29 is 29.3 Å². The second-order valence-corrected chi connectivity index (χ2v) is 4.92. The van der Waals surface area contributed by atoms with Gasteiger partial charge in [0.15, 0.2) is 5.38 Å². The van der Waals surface area contributed by atoms with Crippen LogP contribution in [-0.2, 0) is 14.3 Å². The SMILES string of the molecule is CC(C)(C)OC(=O)NN=C(CC(=O)O)C(Cl)C(=O)O. The number of nitrogens with one attached hydrogen (secondary N) is 1. The molecule has 3 N–H and O–H groups in total. The minimum absolute atomic E-state index is 0.410. The number of nitrogens with zero attached hydrogens (tertiary/aromatic N) is 1. The first-order valence-corrected chi connectivity index (χ1v) is 5.60. The van der Waals surface area contributed by atoms with Crippen LogP contribution in [0.2, 0.25) is 0 Å². The Hall–Kier alpha value is -1.83. The highest BCUT2D eigenvalue weighted by atomic mass is 35.5. The number of alkyl halides is 1. The molecule has 0 rings (SSSR count). The van der Waals surface area contributed by atoms with Crippen LogP contribution < -0.4 is 5.43 Å². The lowest BCUT2D eigenvalue weighted by molar-refractivity contribution is -0.135. The van der Waals surface area contributed by atoms with E-state index < -0.39 is 41.1 Å². The minimum atomic E-state index is -1.65. The third-order valence-electron chi connectivity index (χ3n) is 1.53. The van der Waals surface area contributed by atoms with Gasteiger partial charge in [0.1, 0.15) is 5.60 Å². The van der Waals surface area contributed by atoms with E-state index in [4.69, 9.17) is 26.6 Å². The summed E-state index contributed by atoms with van der Waals surface area (Å²) in [4.78, 5) is 32.4. The number of carbonyl (C=O) groups excluding carboxylic acids is 1. The van der Waals surface area contributed by atoms with Crippen LogP contribution in [0.3, 0.4) is 0 Å². The van der Waals surface area contributed by atoms with E-state index in [1.807, 2.05) is 5.43 Å². The Kier molecular flexibility index (Phi) is 6.26. The smallest absolute Gasteiger partial charge is 0.428 e. The number of rotatable bonds is 5. The third kappa shape index (κ3) is 7.98. The van der Waals surface area contributed by atoms with Gasteiger partial charge in [0.25, 0.3) is 0 Å². The van der Waals surface area contributed by atoms with Crippen LogP contribution in [0.4, 0.5) is 4.79 Å². The van der Waals surface area contributed by atoms with Crippen molar-refractivity contribution in [2.24, 2.45) is 5.10 Å². The molecule has 0 spiro atoms. The van der Waals surface area contributed by atoms with E-state index in [1.165, 1.54) is 0 Å². The van der Waals surface area contributed by atoms with Gasteiger partial charge in [-0.2, -0.15) is 5.10 Å². The maximum atomic E-state index is 11.3. The molecule has 0 aromatic heterocycles. The van der Waals surface area contributed by atoms with Crippen molar-refractivity contribution in [2.45, 2.75) is 38.2 Å². The molecule has 0 aliphatic carbocycles. The Morgan fingerprint density at radius 3 is 2.21 bits per heavy atom. The number of carboxylic acids is 2. The molecule has 0 aliphatic rings. The number of aliphatic carboxylic acids is 2. The van der Waals surface area contributed by atoms with E-state index in [2.05, 4.69) is 5.10 Å². The van der Waals surface area contributed by atoms with Crippen LogP contribution in [0.5, 0.6) is 0 Å². The quantitative estimate of drug-likeness (QED) is 0.395. The fourth-order valence-electron chi connectivity index (χ4n) is 0.902. The van der Waals surface area contributed by atoms with Gasteiger partial charge in [0, 0.05) is 0 Å². The maximum Gasteiger partial charge on any atom is 0.428 e. The first-order chi connectivity index (χ1) is 8.53. The summed E-state index contributed by atoms with van der Waals surface area (Å²) < 4.78 is 4.84. The molecule has 8 nitrogen and oxygen atoms in total. The zero-order chi connectivity index (χ0) is 15.2. The standard InChI is InChI=1S/C10H15ClN2O6/c1-10(2,3)19-9(18)13-12-5(4-6(14)15)7(11)8(16)17/h7H,4H2,1-3H3,(H,13,18)(H,14,15)(H,16,17). The molecule has 0 saturated carbocycles. The lowest BCUT2D eigenvalue weighted by Gasteiger charge is -2.18. The summed E-state index contributed by atoms with van der Waals surface area (Å²) in [6, 6.07) is 0. The number of hydrogen-bond acceptors (Lipinski definition) is 5. The number of hydrogen-bond donors (Lipinski definition) is 3. The van der Waals surface area contributed by atoms with Gasteiger partial charge >= 0.3 is 18.0 Å². The van der Waals surface area contributed by atoms with Gasteiger partial charge in [0.2, 0.25) is 0 Å². The lowest BCUT2D eigenvalue weighted by atomic mass is 10.2. The fourth-order valence-corrected chi connectivity index (χ4v) is 1.03. The zero-order valence-corrected chi connectivity index (χ0v) is 11.4. The predicted octanol–water partition coefficient (Wildman–Crippen LogP) is 1.03. The molecule has 1 amide bonds. The molecule has 0 aromatic carbocycles. The van der Waals surface area contributed by atoms with Crippen molar-refractivity contribution in [1.82, 2.24) is 5.43 Å². The number of halogens is 1. The third-order valence-corrected chi connectivity index (χ3v) is 1.97. The van der Waals surface area contributed by atoms with E-state index in [0.717, 1.165) is 0 Å². The summed E-state index contributed by atoms with van der Waals surface area (Å²) in [5.74, 6) is -2.79. The first kappa shape index (κ1) is 17.2. The van der Waals surface area contributed by atoms with Crippen LogP contribution >= 0.6 is 11.6 Å². The predicted molar refractivity (Wildman–Crippen MR) is 66.3 cm³/mol. The Labute approximate surface area is 114 Å². The Bertz CT molecular complexity index is 401. The van der Waals surface area contributed by atoms with Gasteiger partial charge in [-0.25, -0.2) is 10.2 Å². The molecule has 0 aromatic rings. The fraction of sp³-hybridized carbons (Fsp3) is 0.600. The summed E-state index contributed by atoms with van der Waals surface area (Å²) in [5, 5.41) is 19.0. The first-order valence-electron chi connectivity index (χ1n) is 5.17. The van der Waals surface area contributed by atoms with Crippen molar-refractivity contribution in [3.8, 4) is 0 Å². The number of amides is 1. The van der Waals surface area contributed by atoms with Crippen LogP contribution in [0.1, 0.15) is 27.2 Å². The summed E-state index contributed by atoms with van der Waals surface area (Å²) in [5.41, 5.74) is 0.722. The normalized spacial score (nSPS) is 13.6. The number of hydrazone groups is 1. The molecule has 1 unspecified atom stereocenters. The van der Waals surface area contributed by atoms with Crippen LogP contribution in [0.25, 0.3) is 0 Å². The monoisotopic (exact) mass is 294 g/mol. The highest BCUT2D eigenvalue weighted by molar-refractivity contribution is 6.42. The van der Waals surface area contributed by atoms with Crippen molar-refractivity contribution in [2.75, 3.05) is 0 Å². The van der Waals surface area contributed by atoms with E-state index in [0.29, 0.717) is 0 Å². The Balaban J connectivity index is 4.78. The van der Waals surface area contributed by atoms with E-state index in [1.54, 1.807) is 20.8 Å². The van der Waals surface area contributed by atoms with Crippen molar-refractivity contribution in [1.29, 1.82) is 0 Å². The molecule has 19 heavy (non-hydrogen) atoms. The van der Waals surface area contributed by atoms with Crippen molar-refractivity contribution in [3.63, 3.8) is 0 Å². The number of ether oxygens (including phenoxy) is 1. The van der Waals surface area contributed by atoms with Gasteiger partial charge in [-0.15, -0.1) is 11.6 Å². The van der Waals surface area contributed by atoms with E-state index >= 15 is 0 Å². The summed E-state index contributed by atoms with van der Waals surface area (Å²) in [7, 11) is 0. The second kappa shape index (κ2) is 6.93. The molecular formula is C10H15ClN2O6. The van der Waals surface area contributed by atoms with Crippen LogP contribution in [0, 0.1) is 0 Å². The largest absolute Gasteiger partial charge is 0.481 e. The number of carboxylic acid groups (broad SMARTS) is 2. The Morgan fingerprint density at radius 2 is 1.84 bits per heavy atom. The average Bonchev–Trinajstić information content (AvgIpc) is 2.19. The maximum absolute atomic E-state index is 11.3. The van der Waals surface area contributed by atoms with Gasteiger partial charge < -0.3 is 14.9 Å². The summed E-state index contributed by atoms with van der Waals surface area (Å²) in [6.45, 7) is 4.86. The van der Waals surface area contributed by atoms with Crippen molar-refractivity contribution in [3.05, 3.63) is 0 Å².